The molecule has 1 aromatic carbocycles. The topological polar surface area (TPSA) is 42.1 Å². The van der Waals surface area contributed by atoms with Crippen molar-refractivity contribution in [1.82, 2.24) is 9.88 Å². The molecule has 0 spiro atoms. The van der Waals surface area contributed by atoms with Crippen LogP contribution in [0.5, 0.6) is 0 Å². The van der Waals surface area contributed by atoms with Crippen molar-refractivity contribution in [2.24, 2.45) is 5.73 Å². The highest BCUT2D eigenvalue weighted by Crippen LogP contribution is 2.30. The molecule has 3 rings (SSSR count). The number of nitrogens with zero attached hydrogens (tertiary/aromatic N) is 2. The van der Waals surface area contributed by atoms with Crippen molar-refractivity contribution >= 4 is 10.9 Å². The van der Waals surface area contributed by atoms with Crippen LogP contribution in [0.1, 0.15) is 37.1 Å². The van der Waals surface area contributed by atoms with Gasteiger partial charge in [0, 0.05) is 29.7 Å². The van der Waals surface area contributed by atoms with E-state index in [4.69, 9.17) is 5.73 Å². The Balaban J connectivity index is 1.97. The van der Waals surface area contributed by atoms with Gasteiger partial charge in [-0.3, -0.25) is 9.88 Å². The van der Waals surface area contributed by atoms with E-state index in [0.717, 1.165) is 17.8 Å². The van der Waals surface area contributed by atoms with E-state index in [-0.39, 0.29) is 0 Å². The summed E-state index contributed by atoms with van der Waals surface area (Å²) in [6.07, 6.45) is 2.57. The van der Waals surface area contributed by atoms with E-state index < -0.39 is 0 Å². The monoisotopic (exact) mass is 269 g/mol. The Hall–Kier alpha value is -1.45. The van der Waals surface area contributed by atoms with Crippen LogP contribution in [0, 0.1) is 6.92 Å². The van der Waals surface area contributed by atoms with Crippen molar-refractivity contribution in [1.29, 1.82) is 0 Å². The zero-order chi connectivity index (χ0) is 14.1. The first kappa shape index (κ1) is 13.5. The molecule has 3 nitrogen and oxygen atoms in total. The molecule has 2 atom stereocenters. The van der Waals surface area contributed by atoms with Gasteiger partial charge < -0.3 is 5.73 Å². The minimum Gasteiger partial charge on any atom is -0.329 e. The largest absolute Gasteiger partial charge is 0.329 e. The Morgan fingerprint density at radius 1 is 1.35 bits per heavy atom. The fourth-order valence-corrected chi connectivity index (χ4v) is 3.33. The molecule has 0 bridgehead atoms. The van der Waals surface area contributed by atoms with E-state index in [1.165, 1.54) is 23.8 Å². The van der Waals surface area contributed by atoms with Crippen LogP contribution < -0.4 is 5.73 Å². The van der Waals surface area contributed by atoms with E-state index in [0.29, 0.717) is 18.6 Å². The normalized spacial score (nSPS) is 21.4. The summed E-state index contributed by atoms with van der Waals surface area (Å²) >= 11 is 0. The van der Waals surface area contributed by atoms with Crippen molar-refractivity contribution in [2.45, 2.75) is 38.8 Å². The minimum atomic E-state index is 0.332. The molecule has 1 saturated heterocycles. The Morgan fingerprint density at radius 2 is 2.20 bits per heavy atom. The lowest BCUT2D eigenvalue weighted by Crippen LogP contribution is -2.35. The molecule has 3 heteroatoms. The van der Waals surface area contributed by atoms with Gasteiger partial charge in [0.1, 0.15) is 0 Å². The van der Waals surface area contributed by atoms with Gasteiger partial charge in [0.25, 0.3) is 0 Å². The summed E-state index contributed by atoms with van der Waals surface area (Å²) in [4.78, 5) is 7.11. The van der Waals surface area contributed by atoms with Gasteiger partial charge in [0.15, 0.2) is 0 Å². The van der Waals surface area contributed by atoms with Crippen molar-refractivity contribution < 1.29 is 0 Å². The van der Waals surface area contributed by atoms with Crippen LogP contribution in [-0.2, 0) is 0 Å². The number of aromatic nitrogens is 1. The minimum absolute atomic E-state index is 0.332. The van der Waals surface area contributed by atoms with Crippen LogP contribution in [0.4, 0.5) is 0 Å². The van der Waals surface area contributed by atoms with Gasteiger partial charge in [-0.05, 0) is 57.0 Å². The number of aryl methyl sites for hydroxylation is 1. The highest BCUT2D eigenvalue weighted by Gasteiger charge is 2.27. The second-order valence-electron chi connectivity index (χ2n) is 5.89. The molecular formula is C17H23N3. The van der Waals surface area contributed by atoms with Gasteiger partial charge in [-0.25, -0.2) is 0 Å². The third kappa shape index (κ3) is 2.43. The fourth-order valence-electron chi connectivity index (χ4n) is 3.33. The van der Waals surface area contributed by atoms with Crippen LogP contribution in [0.25, 0.3) is 10.9 Å². The number of likely N-dealkylation sites (tertiary alicyclic amines) is 1. The van der Waals surface area contributed by atoms with Gasteiger partial charge in [-0.15, -0.1) is 0 Å². The standard InChI is InChI=1S/C17H23N3/c1-12-5-6-14-10-15(7-8-16(14)19-12)17(11-18)20-9-3-4-13(20)2/h5-8,10,13,17H,3-4,9,11,18H2,1-2H3. The molecular weight excluding hydrogens is 246 g/mol. The summed E-state index contributed by atoms with van der Waals surface area (Å²) in [5.74, 6) is 0. The first-order valence-electron chi connectivity index (χ1n) is 7.52. The number of fused-ring (bicyclic) bond motifs is 1. The molecule has 106 valence electrons. The molecule has 2 heterocycles. The maximum Gasteiger partial charge on any atom is 0.0705 e. The molecule has 2 aromatic rings. The second-order valence-corrected chi connectivity index (χ2v) is 5.89. The molecule has 2 unspecified atom stereocenters. The fraction of sp³-hybridized carbons (Fsp3) is 0.471. The van der Waals surface area contributed by atoms with Crippen LogP contribution in [-0.4, -0.2) is 29.0 Å². The third-order valence-corrected chi connectivity index (χ3v) is 4.47. The summed E-state index contributed by atoms with van der Waals surface area (Å²) in [5.41, 5.74) is 9.51. The van der Waals surface area contributed by atoms with Crippen LogP contribution in [0.2, 0.25) is 0 Å². The molecule has 0 saturated carbocycles. The lowest BCUT2D eigenvalue weighted by atomic mass is 10.0. The Bertz CT molecular complexity index is 608. The van der Waals surface area contributed by atoms with Crippen LogP contribution in [0.15, 0.2) is 30.3 Å². The number of rotatable bonds is 3. The molecule has 1 aliphatic heterocycles. The SMILES string of the molecule is Cc1ccc2cc(C(CN)N3CCCC3C)ccc2n1. The number of benzene rings is 1. The van der Waals surface area contributed by atoms with E-state index >= 15 is 0 Å². The molecule has 1 fully saturated rings. The van der Waals surface area contributed by atoms with Gasteiger partial charge in [0.05, 0.1) is 5.52 Å². The smallest absolute Gasteiger partial charge is 0.0705 e. The number of hydrogen-bond donors (Lipinski definition) is 1. The first-order chi connectivity index (χ1) is 9.69. The zero-order valence-corrected chi connectivity index (χ0v) is 12.3. The summed E-state index contributed by atoms with van der Waals surface area (Å²) in [5, 5.41) is 1.21. The highest BCUT2D eigenvalue weighted by molar-refractivity contribution is 5.79. The quantitative estimate of drug-likeness (QED) is 0.931. The average molecular weight is 269 g/mol. The molecule has 2 N–H and O–H groups in total. The number of hydrogen-bond acceptors (Lipinski definition) is 3. The van der Waals surface area contributed by atoms with Crippen molar-refractivity contribution in [3.05, 3.63) is 41.6 Å². The van der Waals surface area contributed by atoms with Crippen LogP contribution >= 0.6 is 0 Å². The van der Waals surface area contributed by atoms with E-state index in [9.17, 15) is 0 Å². The predicted octanol–water partition coefficient (Wildman–Crippen LogP) is 3.03. The van der Waals surface area contributed by atoms with Crippen molar-refractivity contribution in [2.75, 3.05) is 13.1 Å². The Kier molecular flexibility index (Phi) is 3.72. The first-order valence-corrected chi connectivity index (χ1v) is 7.52. The summed E-state index contributed by atoms with van der Waals surface area (Å²) in [7, 11) is 0. The molecule has 0 amide bonds. The maximum atomic E-state index is 6.06. The maximum absolute atomic E-state index is 6.06. The lowest BCUT2D eigenvalue weighted by molar-refractivity contribution is 0.195. The van der Waals surface area contributed by atoms with Crippen LogP contribution in [0.3, 0.4) is 0 Å². The van der Waals surface area contributed by atoms with E-state index in [2.05, 4.69) is 47.1 Å². The van der Waals surface area contributed by atoms with Gasteiger partial charge in [-0.1, -0.05) is 12.1 Å². The zero-order valence-electron chi connectivity index (χ0n) is 12.3. The Morgan fingerprint density at radius 3 is 2.90 bits per heavy atom. The highest BCUT2D eigenvalue weighted by atomic mass is 15.2. The number of pyridine rings is 1. The summed E-state index contributed by atoms with van der Waals surface area (Å²) in [6.45, 7) is 6.17. The third-order valence-electron chi connectivity index (χ3n) is 4.47. The van der Waals surface area contributed by atoms with Gasteiger partial charge >= 0.3 is 0 Å². The average Bonchev–Trinajstić information content (AvgIpc) is 2.86. The molecule has 0 radical (unpaired) electrons. The molecule has 1 aliphatic rings. The van der Waals surface area contributed by atoms with Crippen molar-refractivity contribution in [3.8, 4) is 0 Å². The van der Waals surface area contributed by atoms with Crippen molar-refractivity contribution in [3.63, 3.8) is 0 Å². The van der Waals surface area contributed by atoms with E-state index in [1.807, 2.05) is 6.92 Å². The summed E-state index contributed by atoms with van der Waals surface area (Å²) in [6, 6.07) is 11.8. The molecule has 1 aromatic heterocycles. The summed E-state index contributed by atoms with van der Waals surface area (Å²) < 4.78 is 0. The Labute approximate surface area is 120 Å². The number of nitrogens with two attached hydrogens (primary N) is 1. The van der Waals surface area contributed by atoms with Gasteiger partial charge in [0.2, 0.25) is 0 Å². The molecule has 0 aliphatic carbocycles. The second kappa shape index (κ2) is 5.51. The van der Waals surface area contributed by atoms with Gasteiger partial charge in [-0.2, -0.15) is 0 Å². The predicted molar refractivity (Wildman–Crippen MR) is 83.7 cm³/mol. The molecule has 20 heavy (non-hydrogen) atoms. The van der Waals surface area contributed by atoms with E-state index in [1.54, 1.807) is 0 Å². The lowest BCUT2D eigenvalue weighted by Gasteiger charge is -2.31.